The van der Waals surface area contributed by atoms with Gasteiger partial charge < -0.3 is 20.3 Å². The number of amides is 1. The molecule has 6 nitrogen and oxygen atoms in total. The van der Waals surface area contributed by atoms with Gasteiger partial charge in [0.2, 0.25) is 5.91 Å². The molecule has 1 aliphatic heterocycles. The summed E-state index contributed by atoms with van der Waals surface area (Å²) in [5.41, 5.74) is 0.772. The highest BCUT2D eigenvalue weighted by atomic mass is 19.1. The maximum Gasteiger partial charge on any atom is 0.241 e. The van der Waals surface area contributed by atoms with Crippen molar-refractivity contribution in [2.75, 3.05) is 33.8 Å². The summed E-state index contributed by atoms with van der Waals surface area (Å²) in [5.74, 6) is 0.191. The second kappa shape index (κ2) is 9.98. The zero-order chi connectivity index (χ0) is 18.1. The Morgan fingerprint density at radius 3 is 2.88 bits per heavy atom. The van der Waals surface area contributed by atoms with Crippen LogP contribution in [-0.2, 0) is 16.1 Å². The molecule has 1 aliphatic rings. The van der Waals surface area contributed by atoms with Crippen LogP contribution in [0.5, 0.6) is 0 Å². The number of nitrogens with one attached hydrogen (secondary N) is 2. The minimum atomic E-state index is -0.284. The molecule has 2 N–H and O–H groups in total. The van der Waals surface area contributed by atoms with Gasteiger partial charge in [0.15, 0.2) is 5.96 Å². The van der Waals surface area contributed by atoms with Gasteiger partial charge in [0.1, 0.15) is 5.82 Å². The molecule has 138 valence electrons. The molecule has 0 aromatic heterocycles. The van der Waals surface area contributed by atoms with E-state index in [4.69, 9.17) is 4.74 Å². The van der Waals surface area contributed by atoms with E-state index in [2.05, 4.69) is 15.6 Å². The van der Waals surface area contributed by atoms with Crippen LogP contribution in [0.15, 0.2) is 29.3 Å². The highest BCUT2D eigenvalue weighted by molar-refractivity contribution is 5.86. The number of benzene rings is 1. The maximum atomic E-state index is 13.3. The van der Waals surface area contributed by atoms with E-state index < -0.39 is 0 Å². The zero-order valence-electron chi connectivity index (χ0n) is 14.9. The number of halogens is 1. The number of guanidine groups is 1. The van der Waals surface area contributed by atoms with Crippen molar-refractivity contribution in [1.29, 1.82) is 0 Å². The molecule has 0 radical (unpaired) electrons. The van der Waals surface area contributed by atoms with E-state index in [9.17, 15) is 9.18 Å². The normalized spacial score (nSPS) is 17.9. The number of likely N-dealkylation sites (N-methyl/N-ethyl adjacent to an activating group) is 1. The first-order valence-corrected chi connectivity index (χ1v) is 8.63. The molecule has 0 bridgehead atoms. The molecular weight excluding hydrogens is 323 g/mol. The van der Waals surface area contributed by atoms with Gasteiger partial charge in [0.05, 0.1) is 19.2 Å². The molecule has 1 heterocycles. The Balaban J connectivity index is 1.94. The average molecular weight is 350 g/mol. The Kier molecular flexibility index (Phi) is 7.66. The van der Waals surface area contributed by atoms with Crippen LogP contribution < -0.4 is 10.6 Å². The van der Waals surface area contributed by atoms with E-state index in [-0.39, 0.29) is 24.4 Å². The van der Waals surface area contributed by atoms with Crippen molar-refractivity contribution in [3.8, 4) is 0 Å². The third-order valence-corrected chi connectivity index (χ3v) is 3.99. The lowest BCUT2D eigenvalue weighted by Crippen LogP contribution is -2.45. The minimum Gasteiger partial charge on any atom is -0.376 e. The van der Waals surface area contributed by atoms with Crippen LogP contribution in [0.2, 0.25) is 0 Å². The lowest BCUT2D eigenvalue weighted by Gasteiger charge is -2.24. The first-order chi connectivity index (χ1) is 12.0. The number of ether oxygens (including phenoxy) is 1. The predicted octanol–water partition coefficient (Wildman–Crippen LogP) is 1.52. The SMILES string of the molecule is CN(C)C(=O)CNC(=NCc1cccc(F)c1)NCC1CCCCO1. The topological polar surface area (TPSA) is 66.0 Å². The zero-order valence-corrected chi connectivity index (χ0v) is 14.9. The molecule has 1 unspecified atom stereocenters. The number of hydrogen-bond acceptors (Lipinski definition) is 3. The summed E-state index contributed by atoms with van der Waals surface area (Å²) >= 11 is 0. The number of carbonyl (C=O) groups is 1. The predicted molar refractivity (Wildman–Crippen MR) is 95.8 cm³/mol. The Labute approximate surface area is 148 Å². The van der Waals surface area contributed by atoms with Gasteiger partial charge in [0, 0.05) is 27.2 Å². The summed E-state index contributed by atoms with van der Waals surface area (Å²) in [5, 5.41) is 6.24. The second-order valence-electron chi connectivity index (χ2n) is 6.31. The van der Waals surface area contributed by atoms with E-state index in [1.807, 2.05) is 6.07 Å². The Hall–Kier alpha value is -2.15. The van der Waals surface area contributed by atoms with E-state index >= 15 is 0 Å². The first kappa shape index (κ1) is 19.2. The number of hydrogen-bond donors (Lipinski definition) is 2. The van der Waals surface area contributed by atoms with E-state index in [1.165, 1.54) is 17.0 Å². The molecule has 25 heavy (non-hydrogen) atoms. The second-order valence-corrected chi connectivity index (χ2v) is 6.31. The van der Waals surface area contributed by atoms with Gasteiger partial charge in [-0.3, -0.25) is 4.79 Å². The molecule has 0 aliphatic carbocycles. The Morgan fingerprint density at radius 1 is 1.36 bits per heavy atom. The summed E-state index contributed by atoms with van der Waals surface area (Å²) < 4.78 is 19.0. The summed E-state index contributed by atoms with van der Waals surface area (Å²) in [7, 11) is 3.41. The summed E-state index contributed by atoms with van der Waals surface area (Å²) in [6.07, 6.45) is 3.43. The number of rotatable bonds is 6. The molecule has 2 rings (SSSR count). The van der Waals surface area contributed by atoms with Crippen molar-refractivity contribution < 1.29 is 13.9 Å². The fourth-order valence-electron chi connectivity index (χ4n) is 2.48. The van der Waals surface area contributed by atoms with E-state index in [0.717, 1.165) is 31.4 Å². The average Bonchev–Trinajstić information content (AvgIpc) is 2.61. The molecule has 1 aromatic rings. The highest BCUT2D eigenvalue weighted by Gasteiger charge is 2.14. The van der Waals surface area contributed by atoms with Gasteiger partial charge in [-0.2, -0.15) is 0 Å². The van der Waals surface area contributed by atoms with E-state index in [1.54, 1.807) is 20.2 Å². The van der Waals surface area contributed by atoms with Crippen LogP contribution >= 0.6 is 0 Å². The summed E-state index contributed by atoms with van der Waals surface area (Å²) in [4.78, 5) is 17.7. The molecule has 1 aromatic carbocycles. The van der Waals surface area contributed by atoms with Crippen LogP contribution in [0.4, 0.5) is 4.39 Å². The molecule has 1 fully saturated rings. The molecule has 0 spiro atoms. The molecular formula is C18H27FN4O2. The van der Waals surface area contributed by atoms with E-state index in [0.29, 0.717) is 19.0 Å². The van der Waals surface area contributed by atoms with Crippen LogP contribution in [0.1, 0.15) is 24.8 Å². The van der Waals surface area contributed by atoms with Gasteiger partial charge in [-0.25, -0.2) is 9.38 Å². The van der Waals surface area contributed by atoms with Gasteiger partial charge in [0.25, 0.3) is 0 Å². The van der Waals surface area contributed by atoms with Crippen LogP contribution in [0.3, 0.4) is 0 Å². The fraction of sp³-hybridized carbons (Fsp3) is 0.556. The smallest absolute Gasteiger partial charge is 0.241 e. The largest absolute Gasteiger partial charge is 0.376 e. The van der Waals surface area contributed by atoms with Crippen molar-refractivity contribution in [2.45, 2.75) is 31.9 Å². The highest BCUT2D eigenvalue weighted by Crippen LogP contribution is 2.11. The monoisotopic (exact) mass is 350 g/mol. The molecule has 1 saturated heterocycles. The van der Waals surface area contributed by atoms with Crippen molar-refractivity contribution in [3.05, 3.63) is 35.6 Å². The molecule has 0 saturated carbocycles. The van der Waals surface area contributed by atoms with Crippen molar-refractivity contribution >= 4 is 11.9 Å². The Bertz CT molecular complexity index is 586. The first-order valence-electron chi connectivity index (χ1n) is 8.63. The van der Waals surface area contributed by atoms with Gasteiger partial charge in [-0.1, -0.05) is 12.1 Å². The molecule has 1 atom stereocenters. The number of nitrogens with zero attached hydrogens (tertiary/aromatic N) is 2. The van der Waals surface area contributed by atoms with Crippen molar-refractivity contribution in [3.63, 3.8) is 0 Å². The third kappa shape index (κ3) is 7.09. The maximum absolute atomic E-state index is 13.3. The van der Waals surface area contributed by atoms with Gasteiger partial charge in [-0.15, -0.1) is 0 Å². The number of aliphatic imine (C=N–C) groups is 1. The molecule has 7 heteroatoms. The quantitative estimate of drug-likeness (QED) is 0.603. The van der Waals surface area contributed by atoms with Gasteiger partial charge >= 0.3 is 0 Å². The van der Waals surface area contributed by atoms with Crippen molar-refractivity contribution in [1.82, 2.24) is 15.5 Å². The molecule has 1 amide bonds. The van der Waals surface area contributed by atoms with Crippen LogP contribution in [0.25, 0.3) is 0 Å². The van der Waals surface area contributed by atoms with Crippen molar-refractivity contribution in [2.24, 2.45) is 4.99 Å². The summed E-state index contributed by atoms with van der Waals surface area (Å²) in [6, 6.07) is 6.34. The standard InChI is InChI=1S/C18H27FN4O2/c1-23(2)17(24)13-22-18(21-12-16-8-3-4-9-25-16)20-11-14-6-5-7-15(19)10-14/h5-7,10,16H,3-4,8-9,11-13H2,1-2H3,(H2,20,21,22). The van der Waals surface area contributed by atoms with Gasteiger partial charge in [-0.05, 0) is 37.0 Å². The minimum absolute atomic E-state index is 0.0471. The van der Waals surface area contributed by atoms with Crippen LogP contribution in [-0.4, -0.2) is 56.7 Å². The third-order valence-electron chi connectivity index (χ3n) is 3.99. The number of carbonyl (C=O) groups excluding carboxylic acids is 1. The van der Waals surface area contributed by atoms with Crippen LogP contribution in [0, 0.1) is 5.82 Å². The summed E-state index contributed by atoms with van der Waals surface area (Å²) in [6.45, 7) is 1.89. The lowest BCUT2D eigenvalue weighted by molar-refractivity contribution is -0.127. The Morgan fingerprint density at radius 2 is 2.20 bits per heavy atom. The fourth-order valence-corrected chi connectivity index (χ4v) is 2.48. The lowest BCUT2D eigenvalue weighted by atomic mass is 10.1.